The Morgan fingerprint density at radius 1 is 1.33 bits per heavy atom. The van der Waals surface area contributed by atoms with Gasteiger partial charge in [-0.25, -0.2) is 13.9 Å². The van der Waals surface area contributed by atoms with Crippen molar-refractivity contribution in [3.63, 3.8) is 0 Å². The number of nitrogens with two attached hydrogens (primary N) is 2. The van der Waals surface area contributed by atoms with Gasteiger partial charge in [-0.1, -0.05) is 37.7 Å². The summed E-state index contributed by atoms with van der Waals surface area (Å²) in [7, 11) is 0. The summed E-state index contributed by atoms with van der Waals surface area (Å²) >= 11 is 1.04. The lowest BCUT2D eigenvalue weighted by Crippen LogP contribution is -2.42. The minimum atomic E-state index is -0.930. The SMILES string of the molecule is CC(C)[C@@H](Sc1nnc(-c2cccc(F)c2)n1N)C(=O)NC(N)=O. The number of carbonyl (C=O) groups is 2. The molecule has 0 radical (unpaired) electrons. The number of urea groups is 1. The Morgan fingerprint density at radius 3 is 2.62 bits per heavy atom. The quantitative estimate of drug-likeness (QED) is 0.546. The Kier molecular flexibility index (Phi) is 5.39. The fourth-order valence-electron chi connectivity index (χ4n) is 1.98. The monoisotopic (exact) mass is 352 g/mol. The van der Waals surface area contributed by atoms with Crippen LogP contribution in [0, 0.1) is 11.7 Å². The van der Waals surface area contributed by atoms with E-state index in [1.165, 1.54) is 22.9 Å². The number of nitrogens with zero attached hydrogens (tertiary/aromatic N) is 3. The van der Waals surface area contributed by atoms with Crippen LogP contribution < -0.4 is 16.9 Å². The predicted molar refractivity (Wildman–Crippen MR) is 87.8 cm³/mol. The van der Waals surface area contributed by atoms with Crippen molar-refractivity contribution >= 4 is 23.7 Å². The number of carbonyl (C=O) groups excluding carboxylic acids is 2. The molecule has 2 aromatic rings. The number of primary amides is 1. The molecule has 10 heteroatoms. The number of amides is 3. The van der Waals surface area contributed by atoms with Crippen molar-refractivity contribution in [1.29, 1.82) is 0 Å². The van der Waals surface area contributed by atoms with Crippen molar-refractivity contribution in [3.05, 3.63) is 30.1 Å². The summed E-state index contributed by atoms with van der Waals surface area (Å²) in [6.07, 6.45) is 0. The molecule has 0 aliphatic rings. The summed E-state index contributed by atoms with van der Waals surface area (Å²) in [5, 5.41) is 9.52. The van der Waals surface area contributed by atoms with Crippen molar-refractivity contribution in [2.24, 2.45) is 11.7 Å². The van der Waals surface area contributed by atoms with E-state index in [0.29, 0.717) is 5.56 Å². The first-order valence-electron chi connectivity index (χ1n) is 7.03. The molecule has 8 nitrogen and oxygen atoms in total. The molecule has 24 heavy (non-hydrogen) atoms. The molecule has 128 valence electrons. The Morgan fingerprint density at radius 2 is 2.04 bits per heavy atom. The molecule has 0 aliphatic carbocycles. The van der Waals surface area contributed by atoms with E-state index in [1.54, 1.807) is 6.07 Å². The van der Waals surface area contributed by atoms with Crippen LogP contribution in [0.4, 0.5) is 9.18 Å². The summed E-state index contributed by atoms with van der Waals surface area (Å²) in [5.74, 6) is 5.13. The van der Waals surface area contributed by atoms with Gasteiger partial charge in [-0.2, -0.15) is 0 Å². The van der Waals surface area contributed by atoms with Gasteiger partial charge in [0, 0.05) is 5.56 Å². The van der Waals surface area contributed by atoms with Gasteiger partial charge >= 0.3 is 6.03 Å². The van der Waals surface area contributed by atoms with E-state index in [2.05, 4.69) is 10.2 Å². The number of halogens is 1. The Balaban J connectivity index is 2.26. The second kappa shape index (κ2) is 7.30. The summed E-state index contributed by atoms with van der Waals surface area (Å²) in [6, 6.07) is 4.83. The maximum atomic E-state index is 13.3. The maximum Gasteiger partial charge on any atom is 0.318 e. The lowest BCUT2D eigenvalue weighted by molar-refractivity contribution is -0.120. The zero-order chi connectivity index (χ0) is 17.9. The van der Waals surface area contributed by atoms with Gasteiger partial charge in [-0.3, -0.25) is 10.1 Å². The number of benzene rings is 1. The highest BCUT2D eigenvalue weighted by molar-refractivity contribution is 8.00. The minimum Gasteiger partial charge on any atom is -0.351 e. The lowest BCUT2D eigenvalue weighted by atomic mass is 10.1. The van der Waals surface area contributed by atoms with Crippen LogP contribution in [-0.4, -0.2) is 32.1 Å². The van der Waals surface area contributed by atoms with Gasteiger partial charge in [0.25, 0.3) is 0 Å². The number of imide groups is 1. The van der Waals surface area contributed by atoms with Crippen LogP contribution in [0.2, 0.25) is 0 Å². The largest absolute Gasteiger partial charge is 0.351 e. The number of nitrogen functional groups attached to an aromatic ring is 1. The Hall–Kier alpha value is -2.62. The average Bonchev–Trinajstić information content (AvgIpc) is 2.84. The van der Waals surface area contributed by atoms with Crippen LogP contribution in [0.15, 0.2) is 29.4 Å². The normalized spacial score (nSPS) is 12.2. The van der Waals surface area contributed by atoms with E-state index < -0.39 is 23.0 Å². The van der Waals surface area contributed by atoms with E-state index in [0.717, 1.165) is 11.8 Å². The standard InChI is InChI=1S/C14H17FN6O2S/c1-7(2)10(12(22)18-13(16)23)24-14-20-19-11(21(14)17)8-4-3-5-9(15)6-8/h3-7,10H,17H2,1-2H3,(H3,16,18,22,23)/t10-/m1/s1. The summed E-state index contributed by atoms with van der Waals surface area (Å²) in [6.45, 7) is 3.62. The molecular weight excluding hydrogens is 335 g/mol. The average molecular weight is 352 g/mol. The molecule has 0 aliphatic heterocycles. The first kappa shape index (κ1) is 17.7. The van der Waals surface area contributed by atoms with Crippen LogP contribution in [0.5, 0.6) is 0 Å². The molecule has 0 spiro atoms. The number of aromatic nitrogens is 3. The van der Waals surface area contributed by atoms with Crippen molar-refractivity contribution < 1.29 is 14.0 Å². The fraction of sp³-hybridized carbons (Fsp3) is 0.286. The number of rotatable bonds is 5. The third-order valence-corrected chi connectivity index (χ3v) is 4.59. The number of nitrogens with one attached hydrogen (secondary N) is 1. The second-order valence-corrected chi connectivity index (χ2v) is 6.43. The fourth-order valence-corrected chi connectivity index (χ4v) is 2.93. The minimum absolute atomic E-state index is 0.122. The first-order chi connectivity index (χ1) is 11.3. The molecule has 1 aromatic heterocycles. The third kappa shape index (κ3) is 4.02. The van der Waals surface area contributed by atoms with Crippen LogP contribution >= 0.6 is 11.8 Å². The highest BCUT2D eigenvalue weighted by atomic mass is 32.2. The maximum absolute atomic E-state index is 13.3. The zero-order valence-corrected chi connectivity index (χ0v) is 13.9. The Bertz CT molecular complexity index is 763. The number of hydrogen-bond donors (Lipinski definition) is 3. The van der Waals surface area contributed by atoms with E-state index in [9.17, 15) is 14.0 Å². The van der Waals surface area contributed by atoms with E-state index >= 15 is 0 Å². The molecule has 0 saturated heterocycles. The van der Waals surface area contributed by atoms with Crippen molar-refractivity contribution in [2.45, 2.75) is 24.3 Å². The zero-order valence-electron chi connectivity index (χ0n) is 13.1. The molecule has 1 atom stereocenters. The molecule has 0 bridgehead atoms. The van der Waals surface area contributed by atoms with Gasteiger partial charge in [0.1, 0.15) is 5.82 Å². The van der Waals surface area contributed by atoms with Gasteiger partial charge in [-0.15, -0.1) is 10.2 Å². The lowest BCUT2D eigenvalue weighted by Gasteiger charge is -2.17. The topological polar surface area (TPSA) is 129 Å². The van der Waals surface area contributed by atoms with Crippen molar-refractivity contribution in [3.8, 4) is 11.4 Å². The van der Waals surface area contributed by atoms with Crippen molar-refractivity contribution in [1.82, 2.24) is 20.2 Å². The van der Waals surface area contributed by atoms with E-state index in [4.69, 9.17) is 11.6 Å². The number of thioether (sulfide) groups is 1. The predicted octanol–water partition coefficient (Wildman–Crippen LogP) is 1.11. The van der Waals surface area contributed by atoms with Crippen molar-refractivity contribution in [2.75, 3.05) is 5.84 Å². The van der Waals surface area contributed by atoms with Crippen LogP contribution in [-0.2, 0) is 4.79 Å². The molecular formula is C14H17FN6O2S. The van der Waals surface area contributed by atoms with Crippen LogP contribution in [0.1, 0.15) is 13.8 Å². The molecule has 1 heterocycles. The molecule has 0 saturated carbocycles. The summed E-state index contributed by atoms with van der Waals surface area (Å²) in [4.78, 5) is 22.9. The van der Waals surface area contributed by atoms with Crippen LogP contribution in [0.25, 0.3) is 11.4 Å². The van der Waals surface area contributed by atoms with Gasteiger partial charge in [0.2, 0.25) is 11.1 Å². The Labute approximate surface area is 141 Å². The molecule has 2 rings (SSSR count). The highest BCUT2D eigenvalue weighted by Crippen LogP contribution is 2.28. The van der Waals surface area contributed by atoms with Gasteiger partial charge < -0.3 is 11.6 Å². The highest BCUT2D eigenvalue weighted by Gasteiger charge is 2.27. The van der Waals surface area contributed by atoms with E-state index in [-0.39, 0.29) is 16.9 Å². The first-order valence-corrected chi connectivity index (χ1v) is 7.91. The smallest absolute Gasteiger partial charge is 0.318 e. The van der Waals surface area contributed by atoms with Gasteiger partial charge in [-0.05, 0) is 18.1 Å². The summed E-state index contributed by atoms with van der Waals surface area (Å²) in [5.41, 5.74) is 5.43. The molecule has 0 fully saturated rings. The van der Waals surface area contributed by atoms with Gasteiger partial charge in [0.15, 0.2) is 5.82 Å². The number of hydrogen-bond acceptors (Lipinski definition) is 6. The second-order valence-electron chi connectivity index (χ2n) is 5.32. The summed E-state index contributed by atoms with van der Waals surface area (Å²) < 4.78 is 14.5. The molecule has 3 amide bonds. The van der Waals surface area contributed by atoms with E-state index in [1.807, 2.05) is 19.2 Å². The molecule has 0 unspecified atom stereocenters. The molecule has 1 aromatic carbocycles. The van der Waals surface area contributed by atoms with Gasteiger partial charge in [0.05, 0.1) is 5.25 Å². The third-order valence-electron chi connectivity index (χ3n) is 3.09. The molecule has 5 N–H and O–H groups in total. The van der Waals surface area contributed by atoms with Crippen LogP contribution in [0.3, 0.4) is 0 Å².